The van der Waals surface area contributed by atoms with Crippen molar-refractivity contribution in [3.05, 3.63) is 39.9 Å². The number of aromatic nitrogens is 2. The molecule has 5 nitrogen and oxygen atoms in total. The molecule has 0 aliphatic rings. The summed E-state index contributed by atoms with van der Waals surface area (Å²) in [5.41, 5.74) is 1.37. The molecule has 0 saturated carbocycles. The molecular weight excluding hydrogens is 230 g/mol. The van der Waals surface area contributed by atoms with E-state index in [2.05, 4.69) is 4.98 Å². The van der Waals surface area contributed by atoms with Crippen LogP contribution in [0, 0.1) is 18.3 Å². The fraction of sp³-hybridized carbons (Fsp3) is 0.308. The minimum Gasteiger partial charge on any atom is -0.383 e. The zero-order valence-electron chi connectivity index (χ0n) is 10.3. The molecule has 1 heterocycles. The Morgan fingerprint density at radius 2 is 2.28 bits per heavy atom. The highest BCUT2D eigenvalue weighted by atomic mass is 16.5. The highest BCUT2D eigenvalue weighted by Gasteiger charge is 2.10. The highest BCUT2D eigenvalue weighted by molar-refractivity contribution is 5.78. The van der Waals surface area contributed by atoms with E-state index in [0.717, 1.165) is 5.56 Å². The van der Waals surface area contributed by atoms with E-state index in [1.807, 2.05) is 19.1 Å². The molecular formula is C13H13N3O2. The van der Waals surface area contributed by atoms with Gasteiger partial charge in [-0.1, -0.05) is 6.07 Å². The van der Waals surface area contributed by atoms with Crippen molar-refractivity contribution in [3.8, 4) is 6.07 Å². The van der Waals surface area contributed by atoms with Crippen molar-refractivity contribution in [2.24, 2.45) is 0 Å². The van der Waals surface area contributed by atoms with Crippen molar-refractivity contribution >= 4 is 10.9 Å². The summed E-state index contributed by atoms with van der Waals surface area (Å²) in [5.74, 6) is 0.121. The third-order valence-electron chi connectivity index (χ3n) is 2.73. The van der Waals surface area contributed by atoms with Crippen LogP contribution in [0.5, 0.6) is 0 Å². The van der Waals surface area contributed by atoms with Crippen LogP contribution >= 0.6 is 0 Å². The first-order chi connectivity index (χ1) is 8.67. The molecule has 2 rings (SSSR count). The number of hydrogen-bond donors (Lipinski definition) is 0. The van der Waals surface area contributed by atoms with Crippen LogP contribution in [0.3, 0.4) is 0 Å². The number of hydrogen-bond acceptors (Lipinski definition) is 4. The van der Waals surface area contributed by atoms with E-state index >= 15 is 0 Å². The van der Waals surface area contributed by atoms with Crippen molar-refractivity contribution in [3.63, 3.8) is 0 Å². The van der Waals surface area contributed by atoms with E-state index in [1.54, 1.807) is 19.2 Å². The first kappa shape index (κ1) is 12.3. The number of benzene rings is 1. The molecule has 0 amide bonds. The van der Waals surface area contributed by atoms with Gasteiger partial charge in [0.25, 0.3) is 5.56 Å². The molecule has 2 aromatic rings. The molecule has 0 N–H and O–H groups in total. The molecule has 0 fully saturated rings. The van der Waals surface area contributed by atoms with E-state index in [0.29, 0.717) is 24.1 Å². The lowest BCUT2D eigenvalue weighted by Gasteiger charge is -2.08. The Kier molecular flexibility index (Phi) is 3.40. The number of fused-ring (bicyclic) bond motifs is 1. The van der Waals surface area contributed by atoms with E-state index in [-0.39, 0.29) is 11.4 Å². The van der Waals surface area contributed by atoms with Gasteiger partial charge in [0, 0.05) is 7.11 Å². The molecule has 0 spiro atoms. The van der Waals surface area contributed by atoms with Crippen LogP contribution in [-0.2, 0) is 11.3 Å². The summed E-state index contributed by atoms with van der Waals surface area (Å²) in [4.78, 5) is 16.5. The van der Waals surface area contributed by atoms with Crippen LogP contribution < -0.4 is 5.56 Å². The summed E-state index contributed by atoms with van der Waals surface area (Å²) in [6.45, 7) is 2.62. The van der Waals surface area contributed by atoms with Gasteiger partial charge >= 0.3 is 0 Å². The molecule has 0 aliphatic heterocycles. The van der Waals surface area contributed by atoms with Gasteiger partial charge in [0.1, 0.15) is 6.07 Å². The topological polar surface area (TPSA) is 67.9 Å². The van der Waals surface area contributed by atoms with Crippen LogP contribution in [0.2, 0.25) is 0 Å². The Balaban J connectivity index is 2.71. The number of ether oxygens (including phenoxy) is 1. The Morgan fingerprint density at radius 3 is 2.94 bits per heavy atom. The number of nitriles is 1. The van der Waals surface area contributed by atoms with Crippen molar-refractivity contribution in [2.75, 3.05) is 13.7 Å². The van der Waals surface area contributed by atoms with Crippen LogP contribution in [0.15, 0.2) is 23.0 Å². The Hall–Kier alpha value is -2.19. The normalized spacial score (nSPS) is 10.5. The smallest absolute Gasteiger partial charge is 0.262 e. The van der Waals surface area contributed by atoms with Crippen molar-refractivity contribution in [1.82, 2.24) is 9.55 Å². The van der Waals surface area contributed by atoms with Gasteiger partial charge in [-0.25, -0.2) is 4.98 Å². The first-order valence-electron chi connectivity index (χ1n) is 5.57. The number of methoxy groups -OCH3 is 1. The molecule has 1 aromatic heterocycles. The van der Waals surface area contributed by atoms with Crippen LogP contribution in [0.4, 0.5) is 0 Å². The number of aryl methyl sites for hydroxylation is 1. The molecule has 1 aromatic carbocycles. The minimum atomic E-state index is -0.200. The maximum Gasteiger partial charge on any atom is 0.262 e. The van der Waals surface area contributed by atoms with Gasteiger partial charge in [-0.05, 0) is 24.6 Å². The molecule has 0 bridgehead atoms. The van der Waals surface area contributed by atoms with E-state index in [4.69, 9.17) is 10.00 Å². The Labute approximate surface area is 104 Å². The molecule has 0 saturated heterocycles. The zero-order valence-corrected chi connectivity index (χ0v) is 10.3. The van der Waals surface area contributed by atoms with Crippen molar-refractivity contribution in [2.45, 2.75) is 13.5 Å². The first-order valence-corrected chi connectivity index (χ1v) is 5.57. The van der Waals surface area contributed by atoms with E-state index in [9.17, 15) is 4.79 Å². The fourth-order valence-electron chi connectivity index (χ4n) is 1.81. The molecule has 92 valence electrons. The fourth-order valence-corrected chi connectivity index (χ4v) is 1.81. The van der Waals surface area contributed by atoms with Gasteiger partial charge in [-0.2, -0.15) is 5.26 Å². The minimum absolute atomic E-state index is 0.121. The van der Waals surface area contributed by atoms with Crippen molar-refractivity contribution < 1.29 is 4.74 Å². The Morgan fingerprint density at radius 1 is 1.50 bits per heavy atom. The van der Waals surface area contributed by atoms with E-state index in [1.165, 1.54) is 4.57 Å². The lowest BCUT2D eigenvalue weighted by Crippen LogP contribution is -2.26. The quantitative estimate of drug-likeness (QED) is 0.813. The third kappa shape index (κ3) is 2.11. The largest absolute Gasteiger partial charge is 0.383 e. The molecule has 0 radical (unpaired) electrons. The van der Waals surface area contributed by atoms with Gasteiger partial charge in [-0.3, -0.25) is 9.36 Å². The molecule has 0 atom stereocenters. The Bertz CT molecular complexity index is 683. The summed E-state index contributed by atoms with van der Waals surface area (Å²) in [6, 6.07) is 7.36. The maximum absolute atomic E-state index is 12.2. The highest BCUT2D eigenvalue weighted by Crippen LogP contribution is 2.10. The summed E-state index contributed by atoms with van der Waals surface area (Å²) < 4.78 is 6.28. The summed E-state index contributed by atoms with van der Waals surface area (Å²) in [5, 5.41) is 9.58. The van der Waals surface area contributed by atoms with Gasteiger partial charge in [0.15, 0.2) is 0 Å². The molecule has 18 heavy (non-hydrogen) atoms. The summed E-state index contributed by atoms with van der Waals surface area (Å²) in [6.07, 6.45) is 0. The van der Waals surface area contributed by atoms with Gasteiger partial charge < -0.3 is 4.74 Å². The summed E-state index contributed by atoms with van der Waals surface area (Å²) >= 11 is 0. The zero-order chi connectivity index (χ0) is 13.1. The summed E-state index contributed by atoms with van der Waals surface area (Å²) in [7, 11) is 1.55. The number of rotatable bonds is 3. The second-order valence-electron chi connectivity index (χ2n) is 4.02. The average molecular weight is 243 g/mol. The second-order valence-corrected chi connectivity index (χ2v) is 4.02. The van der Waals surface area contributed by atoms with Crippen LogP contribution in [0.25, 0.3) is 10.9 Å². The van der Waals surface area contributed by atoms with E-state index < -0.39 is 0 Å². The standard InChI is InChI=1S/C13H13N3O2/c1-9-3-4-10-11(7-9)15-12(8-14)16(13(10)17)5-6-18-2/h3-4,7H,5-6H2,1-2H3. The predicted octanol–water partition coefficient (Wildman–Crippen LogP) is 1.22. The molecule has 0 aliphatic carbocycles. The van der Waals surface area contributed by atoms with Gasteiger partial charge in [-0.15, -0.1) is 0 Å². The number of nitrogens with zero attached hydrogens (tertiary/aromatic N) is 3. The lowest BCUT2D eigenvalue weighted by molar-refractivity contribution is 0.185. The van der Waals surface area contributed by atoms with Crippen LogP contribution in [-0.4, -0.2) is 23.3 Å². The predicted molar refractivity (Wildman–Crippen MR) is 67.3 cm³/mol. The monoisotopic (exact) mass is 243 g/mol. The second kappa shape index (κ2) is 4.98. The average Bonchev–Trinajstić information content (AvgIpc) is 2.37. The SMILES string of the molecule is COCCn1c(C#N)nc2cc(C)ccc2c1=O. The molecule has 5 heteroatoms. The lowest BCUT2D eigenvalue weighted by atomic mass is 10.2. The molecule has 0 unspecified atom stereocenters. The van der Waals surface area contributed by atoms with Gasteiger partial charge in [0.05, 0.1) is 24.1 Å². The third-order valence-corrected chi connectivity index (χ3v) is 2.73. The van der Waals surface area contributed by atoms with Crippen molar-refractivity contribution in [1.29, 1.82) is 5.26 Å². The maximum atomic E-state index is 12.2. The van der Waals surface area contributed by atoms with Crippen LogP contribution in [0.1, 0.15) is 11.4 Å². The van der Waals surface area contributed by atoms with Gasteiger partial charge in [0.2, 0.25) is 5.82 Å².